The van der Waals surface area contributed by atoms with Crippen LogP contribution in [-0.2, 0) is 11.3 Å². The molecule has 2 atom stereocenters. The predicted octanol–water partition coefficient (Wildman–Crippen LogP) is 4.96. The molecule has 0 unspecified atom stereocenters. The third kappa shape index (κ3) is 7.18. The second-order valence-corrected chi connectivity index (χ2v) is 11.5. The highest BCUT2D eigenvalue weighted by molar-refractivity contribution is 7.80. The van der Waals surface area contributed by atoms with Crippen LogP contribution in [0.5, 0.6) is 0 Å². The van der Waals surface area contributed by atoms with E-state index in [1.165, 1.54) is 0 Å². The molecule has 1 aliphatic heterocycles. The number of benzene rings is 2. The maximum absolute atomic E-state index is 14.9. The summed E-state index contributed by atoms with van der Waals surface area (Å²) >= 11 is 6.03. The van der Waals surface area contributed by atoms with Gasteiger partial charge in [0.2, 0.25) is 0 Å². The number of hydrogen-bond donors (Lipinski definition) is 1. The predicted molar refractivity (Wildman–Crippen MR) is 153 cm³/mol. The number of aromatic nitrogens is 3. The summed E-state index contributed by atoms with van der Waals surface area (Å²) in [7, 11) is 0. The van der Waals surface area contributed by atoms with Crippen LogP contribution in [0.2, 0.25) is 0 Å². The topological polar surface area (TPSA) is 72.4 Å². The number of nitrogens with zero attached hydrogens (tertiary/aromatic N) is 5. The van der Waals surface area contributed by atoms with Gasteiger partial charge in [0.05, 0.1) is 31.4 Å². The molecule has 2 heterocycles. The van der Waals surface area contributed by atoms with Crippen LogP contribution < -0.4 is 5.73 Å². The maximum atomic E-state index is 14.9. The Morgan fingerprint density at radius 3 is 2.48 bits per heavy atom. The van der Waals surface area contributed by atoms with Crippen molar-refractivity contribution in [3.8, 4) is 11.4 Å². The van der Waals surface area contributed by atoms with Crippen molar-refractivity contribution in [2.75, 3.05) is 39.5 Å². The number of morpholine rings is 1. The minimum absolute atomic E-state index is 0.0255. The second-order valence-electron chi connectivity index (χ2n) is 11.1. The fraction of sp³-hybridized carbons (Fsp3) is 0.483. The molecular formula is C29H37F3N6OS. The van der Waals surface area contributed by atoms with Gasteiger partial charge in [0, 0.05) is 25.7 Å². The van der Waals surface area contributed by atoms with Crippen LogP contribution in [0.25, 0.3) is 11.4 Å². The number of thiocarbonyl (C=S) groups is 1. The molecule has 1 fully saturated rings. The third-order valence-electron chi connectivity index (χ3n) is 6.89. The Balaban J connectivity index is 1.85. The first-order valence-corrected chi connectivity index (χ1v) is 13.9. The molecule has 0 saturated carbocycles. The number of ether oxygens (including phenoxy) is 1. The molecule has 1 aromatic heterocycles. The van der Waals surface area contributed by atoms with Crippen molar-refractivity contribution in [1.82, 2.24) is 24.6 Å². The van der Waals surface area contributed by atoms with Crippen LogP contribution in [0.1, 0.15) is 44.6 Å². The second kappa shape index (κ2) is 13.1. The lowest BCUT2D eigenvalue weighted by atomic mass is 9.84. The van der Waals surface area contributed by atoms with E-state index in [0.29, 0.717) is 56.8 Å². The molecule has 1 aliphatic rings. The highest BCUT2D eigenvalue weighted by Crippen LogP contribution is 2.39. The minimum atomic E-state index is -0.647. The van der Waals surface area contributed by atoms with Crippen LogP contribution in [0.4, 0.5) is 13.2 Å². The molecule has 4 rings (SSSR count). The van der Waals surface area contributed by atoms with Gasteiger partial charge in [-0.05, 0) is 47.8 Å². The Bertz CT molecular complexity index is 1280. The number of hydrogen-bond acceptors (Lipinski definition) is 5. The van der Waals surface area contributed by atoms with Crippen LogP contribution in [0, 0.1) is 17.0 Å². The van der Waals surface area contributed by atoms with Crippen molar-refractivity contribution < 1.29 is 17.9 Å². The minimum Gasteiger partial charge on any atom is -0.378 e. The van der Waals surface area contributed by atoms with Crippen molar-refractivity contribution >= 4 is 17.3 Å². The Hall–Kier alpha value is -3.02. The summed E-state index contributed by atoms with van der Waals surface area (Å²) < 4.78 is 49.7. The molecule has 2 N–H and O–H groups in total. The van der Waals surface area contributed by atoms with Crippen LogP contribution in [-0.4, -0.2) is 75.2 Å². The Morgan fingerprint density at radius 1 is 1.12 bits per heavy atom. The first kappa shape index (κ1) is 30.0. The molecule has 2 aromatic carbocycles. The molecule has 7 nitrogen and oxygen atoms in total. The zero-order valence-electron chi connectivity index (χ0n) is 23.2. The fourth-order valence-electron chi connectivity index (χ4n) is 4.86. The SMILES string of the molecule is CC(C)(C)[C@H](c1nc(-c2cc(F)ccc2F)nn1Cc1ccccc1)N(CC[C@@H](N)CF)C(=S)N1CCOCC1. The Kier molecular flexibility index (Phi) is 9.81. The monoisotopic (exact) mass is 574 g/mol. The van der Waals surface area contributed by atoms with Gasteiger partial charge >= 0.3 is 0 Å². The van der Waals surface area contributed by atoms with Crippen molar-refractivity contribution in [2.24, 2.45) is 11.1 Å². The summed E-state index contributed by atoms with van der Waals surface area (Å²) in [6, 6.07) is 11.9. The molecule has 1 saturated heterocycles. The van der Waals surface area contributed by atoms with E-state index in [1.807, 2.05) is 35.2 Å². The quantitative estimate of drug-likeness (QED) is 0.362. The van der Waals surface area contributed by atoms with Gasteiger partial charge in [0.25, 0.3) is 0 Å². The van der Waals surface area contributed by atoms with Crippen LogP contribution in [0.3, 0.4) is 0 Å². The largest absolute Gasteiger partial charge is 0.378 e. The van der Waals surface area contributed by atoms with Crippen molar-refractivity contribution in [1.29, 1.82) is 0 Å². The highest BCUT2D eigenvalue weighted by atomic mass is 32.1. The van der Waals surface area contributed by atoms with Gasteiger partial charge in [-0.1, -0.05) is 51.1 Å². The van der Waals surface area contributed by atoms with E-state index in [0.717, 1.165) is 23.8 Å². The normalized spacial score (nSPS) is 15.6. The molecule has 11 heteroatoms. The van der Waals surface area contributed by atoms with Gasteiger partial charge in [-0.3, -0.25) is 0 Å². The molecule has 216 valence electrons. The average molecular weight is 575 g/mol. The fourth-order valence-corrected chi connectivity index (χ4v) is 5.24. The van der Waals surface area contributed by atoms with E-state index >= 15 is 0 Å². The zero-order chi connectivity index (χ0) is 28.9. The molecule has 0 bridgehead atoms. The van der Waals surface area contributed by atoms with Crippen molar-refractivity contribution in [3.05, 3.63) is 71.6 Å². The van der Waals surface area contributed by atoms with Crippen LogP contribution >= 0.6 is 12.2 Å². The van der Waals surface area contributed by atoms with E-state index in [1.54, 1.807) is 4.68 Å². The molecule has 3 aromatic rings. The van der Waals surface area contributed by atoms with E-state index in [-0.39, 0.29) is 11.4 Å². The summed E-state index contributed by atoms with van der Waals surface area (Å²) in [5.74, 6) is -0.582. The number of halogens is 3. The molecule has 40 heavy (non-hydrogen) atoms. The lowest BCUT2D eigenvalue weighted by Crippen LogP contribution is -2.52. The number of nitrogens with two attached hydrogens (primary N) is 1. The summed E-state index contributed by atoms with van der Waals surface area (Å²) in [5.41, 5.74) is 6.49. The molecular weight excluding hydrogens is 537 g/mol. The average Bonchev–Trinajstić information content (AvgIpc) is 3.34. The lowest BCUT2D eigenvalue weighted by molar-refractivity contribution is 0.0560. The first-order chi connectivity index (χ1) is 19.1. The summed E-state index contributed by atoms with van der Waals surface area (Å²) in [4.78, 5) is 8.94. The maximum Gasteiger partial charge on any atom is 0.184 e. The van der Waals surface area contributed by atoms with Gasteiger partial charge < -0.3 is 20.3 Å². The van der Waals surface area contributed by atoms with E-state index in [2.05, 4.69) is 30.8 Å². The Morgan fingerprint density at radius 2 is 1.82 bits per heavy atom. The molecule has 0 radical (unpaired) electrons. The Labute approximate surface area is 239 Å². The zero-order valence-corrected chi connectivity index (χ0v) is 24.0. The molecule has 0 spiro atoms. The van der Waals surface area contributed by atoms with Gasteiger partial charge in [0.15, 0.2) is 16.8 Å². The standard InChI is InChI=1S/C29H37F3N6OS/c1-29(2,3)25(37(12-11-22(33)18-30)28(40)36-13-15-39-16-14-36)27-34-26(23-17-21(31)9-10-24(23)32)35-38(27)19-20-7-5-4-6-8-20/h4-10,17,22,25H,11-16,18-19,33H2,1-3H3/t22-,25+/m1/s1. The van der Waals surface area contributed by atoms with E-state index in [4.69, 9.17) is 27.7 Å². The lowest BCUT2D eigenvalue weighted by Gasteiger charge is -2.44. The van der Waals surface area contributed by atoms with Crippen LogP contribution in [0.15, 0.2) is 48.5 Å². The smallest absolute Gasteiger partial charge is 0.184 e. The van der Waals surface area contributed by atoms with Gasteiger partial charge in [-0.25, -0.2) is 22.8 Å². The first-order valence-electron chi connectivity index (χ1n) is 13.5. The van der Waals surface area contributed by atoms with Gasteiger partial charge in [0.1, 0.15) is 18.3 Å². The molecule has 0 amide bonds. The summed E-state index contributed by atoms with van der Waals surface area (Å²) in [5, 5.41) is 5.27. The third-order valence-corrected chi connectivity index (χ3v) is 7.38. The van der Waals surface area contributed by atoms with Gasteiger partial charge in [-0.2, -0.15) is 5.10 Å². The summed E-state index contributed by atoms with van der Waals surface area (Å²) in [6.07, 6.45) is 0.367. The molecule has 0 aliphatic carbocycles. The van der Waals surface area contributed by atoms with Crippen molar-refractivity contribution in [2.45, 2.75) is 45.8 Å². The van der Waals surface area contributed by atoms with Gasteiger partial charge in [-0.15, -0.1) is 0 Å². The highest BCUT2D eigenvalue weighted by Gasteiger charge is 2.39. The number of rotatable bonds is 9. The van der Waals surface area contributed by atoms with E-state index < -0.39 is 35.8 Å². The summed E-state index contributed by atoms with van der Waals surface area (Å²) in [6.45, 7) is 8.61. The number of alkyl halides is 1. The van der Waals surface area contributed by atoms with E-state index in [9.17, 15) is 13.2 Å². The van der Waals surface area contributed by atoms with Crippen molar-refractivity contribution in [3.63, 3.8) is 0 Å².